The second kappa shape index (κ2) is 9.08. The van der Waals surface area contributed by atoms with E-state index in [1.54, 1.807) is 37.3 Å². The molecule has 1 heterocycles. The third-order valence-corrected chi connectivity index (χ3v) is 4.37. The Morgan fingerprint density at radius 1 is 1.13 bits per heavy atom. The predicted octanol–water partition coefficient (Wildman–Crippen LogP) is 3.48. The number of hydrogen-bond donors (Lipinski definition) is 2. The number of aromatic hydroxyl groups is 2. The lowest BCUT2D eigenvalue weighted by molar-refractivity contribution is -0.143. The van der Waals surface area contributed by atoms with Crippen LogP contribution in [0.15, 0.2) is 52.7 Å². The molecule has 2 N–H and O–H groups in total. The standard InChI is InChI=1S/C21H21N3O6/c1-3-30-19(27)12-24-15-7-5-4-6-14(15)20(21(24)28)23-22-18(26)11-13-8-9-16(25)17(10-13)29-2/h4-10,25,28H,3,11-12H2,1-2H3. The van der Waals surface area contributed by atoms with Gasteiger partial charge in [-0.25, -0.2) is 0 Å². The van der Waals surface area contributed by atoms with Crippen LogP contribution in [-0.4, -0.2) is 40.4 Å². The van der Waals surface area contributed by atoms with Gasteiger partial charge in [0.25, 0.3) is 5.91 Å². The first-order valence-electron chi connectivity index (χ1n) is 9.20. The zero-order valence-electron chi connectivity index (χ0n) is 16.5. The lowest BCUT2D eigenvalue weighted by Gasteiger charge is -2.06. The molecule has 0 atom stereocenters. The van der Waals surface area contributed by atoms with Gasteiger partial charge in [-0.3, -0.25) is 14.2 Å². The number of phenols is 1. The summed E-state index contributed by atoms with van der Waals surface area (Å²) in [7, 11) is 1.41. The number of esters is 1. The minimum atomic E-state index is -0.552. The summed E-state index contributed by atoms with van der Waals surface area (Å²) < 4.78 is 11.3. The van der Waals surface area contributed by atoms with Crippen molar-refractivity contribution in [1.29, 1.82) is 0 Å². The molecular formula is C21H21N3O6. The normalized spacial score (nSPS) is 11.1. The average molecular weight is 411 g/mol. The maximum absolute atomic E-state index is 12.3. The van der Waals surface area contributed by atoms with Crippen LogP contribution in [-0.2, 0) is 27.3 Å². The average Bonchev–Trinajstić information content (AvgIpc) is 2.99. The molecule has 0 saturated carbocycles. The van der Waals surface area contributed by atoms with Crippen LogP contribution in [0.4, 0.5) is 5.69 Å². The number of fused-ring (bicyclic) bond motifs is 1. The van der Waals surface area contributed by atoms with Gasteiger partial charge in [-0.15, -0.1) is 10.2 Å². The van der Waals surface area contributed by atoms with Gasteiger partial charge in [-0.05, 0) is 30.7 Å². The van der Waals surface area contributed by atoms with E-state index in [4.69, 9.17) is 9.47 Å². The van der Waals surface area contributed by atoms with Crippen molar-refractivity contribution >= 4 is 28.5 Å². The molecule has 1 amide bonds. The van der Waals surface area contributed by atoms with E-state index in [1.807, 2.05) is 0 Å². The lowest BCUT2D eigenvalue weighted by atomic mass is 10.1. The molecule has 3 rings (SSSR count). The molecule has 0 spiro atoms. The minimum Gasteiger partial charge on any atom is -0.504 e. The van der Waals surface area contributed by atoms with Crippen molar-refractivity contribution in [2.75, 3.05) is 13.7 Å². The van der Waals surface area contributed by atoms with E-state index in [-0.39, 0.29) is 42.6 Å². The monoisotopic (exact) mass is 411 g/mol. The fourth-order valence-corrected chi connectivity index (χ4v) is 3.01. The molecule has 9 nitrogen and oxygen atoms in total. The summed E-state index contributed by atoms with van der Waals surface area (Å²) >= 11 is 0. The van der Waals surface area contributed by atoms with Crippen molar-refractivity contribution in [2.45, 2.75) is 19.9 Å². The van der Waals surface area contributed by atoms with Gasteiger partial charge in [0, 0.05) is 5.39 Å². The Bertz CT molecular complexity index is 1120. The highest BCUT2D eigenvalue weighted by atomic mass is 16.5. The number of hydrogen-bond acceptors (Lipinski definition) is 7. The number of nitrogens with zero attached hydrogens (tertiary/aromatic N) is 3. The molecule has 0 aliphatic heterocycles. The van der Waals surface area contributed by atoms with Gasteiger partial charge in [0.15, 0.2) is 17.2 Å². The zero-order valence-corrected chi connectivity index (χ0v) is 16.5. The number of benzene rings is 2. The van der Waals surface area contributed by atoms with Crippen LogP contribution < -0.4 is 4.74 Å². The third-order valence-electron chi connectivity index (χ3n) is 4.37. The fraction of sp³-hybridized carbons (Fsp3) is 0.238. The van der Waals surface area contributed by atoms with E-state index < -0.39 is 11.9 Å². The first-order valence-corrected chi connectivity index (χ1v) is 9.20. The Labute approximate surface area is 172 Å². The van der Waals surface area contributed by atoms with Gasteiger partial charge in [0.05, 0.1) is 25.7 Å². The number of carbonyl (C=O) groups is 2. The highest BCUT2D eigenvalue weighted by Gasteiger charge is 2.19. The third kappa shape index (κ3) is 4.40. The smallest absolute Gasteiger partial charge is 0.326 e. The van der Waals surface area contributed by atoms with Crippen molar-refractivity contribution in [3.63, 3.8) is 0 Å². The number of rotatable bonds is 7. The van der Waals surface area contributed by atoms with Gasteiger partial charge < -0.3 is 19.7 Å². The first-order chi connectivity index (χ1) is 14.4. The summed E-state index contributed by atoms with van der Waals surface area (Å²) in [4.78, 5) is 24.1. The zero-order chi connectivity index (χ0) is 21.7. The maximum atomic E-state index is 12.3. The van der Waals surface area contributed by atoms with E-state index >= 15 is 0 Å². The van der Waals surface area contributed by atoms with Crippen LogP contribution >= 0.6 is 0 Å². The Morgan fingerprint density at radius 2 is 1.90 bits per heavy atom. The summed E-state index contributed by atoms with van der Waals surface area (Å²) in [6.07, 6.45) is -0.0671. The Hall–Kier alpha value is -3.88. The number of aromatic nitrogens is 1. The first kappa shape index (κ1) is 20.8. The fourth-order valence-electron chi connectivity index (χ4n) is 3.01. The van der Waals surface area contributed by atoms with Crippen LogP contribution in [0, 0.1) is 0 Å². The molecule has 0 aliphatic carbocycles. The molecule has 2 aromatic carbocycles. The summed E-state index contributed by atoms with van der Waals surface area (Å²) in [5, 5.41) is 28.4. The molecule has 3 aromatic rings. The molecule has 0 saturated heterocycles. The van der Waals surface area contributed by atoms with Gasteiger partial charge in [0.2, 0.25) is 5.88 Å². The van der Waals surface area contributed by atoms with Crippen molar-refractivity contribution in [2.24, 2.45) is 10.2 Å². The molecule has 0 aliphatic rings. The minimum absolute atomic E-state index is 0.0327. The van der Waals surface area contributed by atoms with E-state index in [9.17, 15) is 19.8 Å². The molecule has 30 heavy (non-hydrogen) atoms. The van der Waals surface area contributed by atoms with Crippen LogP contribution in [0.3, 0.4) is 0 Å². The lowest BCUT2D eigenvalue weighted by Crippen LogP contribution is -2.12. The second-order valence-electron chi connectivity index (χ2n) is 6.36. The van der Waals surface area contributed by atoms with Gasteiger partial charge in [-0.2, -0.15) is 0 Å². The van der Waals surface area contributed by atoms with Crippen molar-refractivity contribution in [3.05, 3.63) is 48.0 Å². The van der Waals surface area contributed by atoms with Crippen LogP contribution in [0.5, 0.6) is 17.4 Å². The van der Waals surface area contributed by atoms with Crippen LogP contribution in [0.2, 0.25) is 0 Å². The van der Waals surface area contributed by atoms with Gasteiger partial charge >= 0.3 is 5.97 Å². The highest BCUT2D eigenvalue weighted by molar-refractivity contribution is 5.96. The number of para-hydroxylation sites is 1. The predicted molar refractivity (Wildman–Crippen MR) is 108 cm³/mol. The summed E-state index contributed by atoms with van der Waals surface area (Å²) in [5.41, 5.74) is 1.24. The van der Waals surface area contributed by atoms with E-state index in [0.29, 0.717) is 16.5 Å². The van der Waals surface area contributed by atoms with Crippen molar-refractivity contribution in [1.82, 2.24) is 4.57 Å². The molecule has 156 valence electrons. The molecule has 0 radical (unpaired) electrons. The Kier molecular flexibility index (Phi) is 6.31. The van der Waals surface area contributed by atoms with Crippen LogP contribution in [0.1, 0.15) is 12.5 Å². The molecular weight excluding hydrogens is 390 g/mol. The largest absolute Gasteiger partial charge is 0.504 e. The van der Waals surface area contributed by atoms with Crippen LogP contribution in [0.25, 0.3) is 10.9 Å². The van der Waals surface area contributed by atoms with Gasteiger partial charge in [-0.1, -0.05) is 24.3 Å². The maximum Gasteiger partial charge on any atom is 0.326 e. The van der Waals surface area contributed by atoms with E-state index in [0.717, 1.165) is 0 Å². The Balaban J connectivity index is 1.86. The number of phenolic OH excluding ortho intramolecular Hbond substituents is 1. The summed E-state index contributed by atoms with van der Waals surface area (Å²) in [6.45, 7) is 1.72. The van der Waals surface area contributed by atoms with E-state index in [2.05, 4.69) is 10.2 Å². The molecule has 1 aromatic heterocycles. The summed E-state index contributed by atoms with van der Waals surface area (Å²) in [5.74, 6) is -1.13. The van der Waals surface area contributed by atoms with E-state index in [1.165, 1.54) is 23.8 Å². The SMILES string of the molecule is CCOC(=O)Cn1c(O)c(N=NC(=O)Cc2ccc(O)c(OC)c2)c2ccccc21. The molecule has 0 fully saturated rings. The number of ether oxygens (including phenoxy) is 2. The van der Waals surface area contributed by atoms with Crippen molar-refractivity contribution in [3.8, 4) is 17.4 Å². The Morgan fingerprint density at radius 3 is 2.63 bits per heavy atom. The topological polar surface area (TPSA) is 123 Å². The summed E-state index contributed by atoms with van der Waals surface area (Å²) in [6, 6.07) is 11.5. The quantitative estimate of drug-likeness (QED) is 0.453. The molecule has 0 unspecified atom stereocenters. The number of azo groups is 1. The second-order valence-corrected chi connectivity index (χ2v) is 6.36. The van der Waals surface area contributed by atoms with Gasteiger partial charge in [0.1, 0.15) is 6.54 Å². The number of amides is 1. The highest BCUT2D eigenvalue weighted by Crippen LogP contribution is 2.38. The number of methoxy groups -OCH3 is 1. The van der Waals surface area contributed by atoms with Crippen molar-refractivity contribution < 1.29 is 29.3 Å². The molecule has 0 bridgehead atoms. The number of carbonyl (C=O) groups excluding carboxylic acids is 2. The molecule has 9 heteroatoms.